The minimum Gasteiger partial charge on any atom is -0.496 e. The first-order valence-corrected chi connectivity index (χ1v) is 10.6. The van der Waals surface area contributed by atoms with E-state index in [-0.39, 0.29) is 6.04 Å². The fourth-order valence-electron chi connectivity index (χ4n) is 3.88. The van der Waals surface area contributed by atoms with Crippen molar-refractivity contribution in [3.8, 4) is 17.2 Å². The highest BCUT2D eigenvalue weighted by Crippen LogP contribution is 2.27. The fourth-order valence-corrected chi connectivity index (χ4v) is 4.07. The molecule has 2 heterocycles. The van der Waals surface area contributed by atoms with Crippen molar-refractivity contribution >= 4 is 11.6 Å². The van der Waals surface area contributed by atoms with E-state index in [0.29, 0.717) is 16.8 Å². The number of nitrogens with zero attached hydrogens (tertiary/aromatic N) is 4. The fraction of sp³-hybridized carbons (Fsp3) is 0.391. The molecule has 1 saturated heterocycles. The molecule has 6 nitrogen and oxygen atoms in total. The molecular weight excluding hydrogens is 400 g/mol. The van der Waals surface area contributed by atoms with Crippen LogP contribution in [0.25, 0.3) is 11.5 Å². The SMILES string of the molecule is COc1ccc(C)cc1CN1CCN([C@@H](C)c2nnc(-c3cccc(Cl)c3)o2)CC1. The summed E-state index contributed by atoms with van der Waals surface area (Å²) in [5.74, 6) is 2.10. The van der Waals surface area contributed by atoms with Crippen molar-refractivity contribution in [2.24, 2.45) is 0 Å². The van der Waals surface area contributed by atoms with Crippen molar-refractivity contribution in [1.82, 2.24) is 20.0 Å². The summed E-state index contributed by atoms with van der Waals surface area (Å²) in [6, 6.07) is 13.9. The molecule has 4 rings (SSSR count). The molecule has 0 unspecified atom stereocenters. The standard InChI is InChI=1S/C23H27ClN4O2/c1-16-7-8-21(29-3)19(13-16)15-27-9-11-28(12-10-27)17(2)22-25-26-23(30-22)18-5-4-6-20(24)14-18/h4-8,13-14,17H,9-12,15H2,1-3H3/t17-/m0/s1. The Morgan fingerprint density at radius 1 is 1.10 bits per heavy atom. The minimum atomic E-state index is 0.0705. The van der Waals surface area contributed by atoms with Gasteiger partial charge in [-0.15, -0.1) is 10.2 Å². The van der Waals surface area contributed by atoms with E-state index in [2.05, 4.69) is 52.0 Å². The van der Waals surface area contributed by atoms with Crippen molar-refractivity contribution in [1.29, 1.82) is 0 Å². The lowest BCUT2D eigenvalue weighted by atomic mass is 10.1. The van der Waals surface area contributed by atoms with Gasteiger partial charge in [0.15, 0.2) is 0 Å². The van der Waals surface area contributed by atoms with Crippen molar-refractivity contribution < 1.29 is 9.15 Å². The van der Waals surface area contributed by atoms with Crippen LogP contribution in [-0.2, 0) is 6.54 Å². The second kappa shape index (κ2) is 9.16. The zero-order valence-electron chi connectivity index (χ0n) is 17.6. The van der Waals surface area contributed by atoms with E-state index in [1.165, 1.54) is 11.1 Å². The second-order valence-electron chi connectivity index (χ2n) is 7.76. The number of hydrogen-bond donors (Lipinski definition) is 0. The molecule has 0 aliphatic carbocycles. The Balaban J connectivity index is 1.37. The minimum absolute atomic E-state index is 0.0705. The van der Waals surface area contributed by atoms with Gasteiger partial charge in [-0.2, -0.15) is 0 Å². The molecule has 0 spiro atoms. The quantitative estimate of drug-likeness (QED) is 0.574. The van der Waals surface area contributed by atoms with Crippen LogP contribution >= 0.6 is 11.6 Å². The van der Waals surface area contributed by atoms with Crippen LogP contribution in [0.4, 0.5) is 0 Å². The molecule has 158 valence electrons. The van der Waals surface area contributed by atoms with Crippen LogP contribution in [0, 0.1) is 6.92 Å². The summed E-state index contributed by atoms with van der Waals surface area (Å²) in [7, 11) is 1.73. The Kier molecular flexibility index (Phi) is 6.37. The molecule has 1 aromatic heterocycles. The van der Waals surface area contributed by atoms with Crippen molar-refractivity contribution in [3.05, 3.63) is 64.5 Å². The predicted molar refractivity (Wildman–Crippen MR) is 118 cm³/mol. The van der Waals surface area contributed by atoms with Crippen LogP contribution in [0.1, 0.15) is 30.0 Å². The highest BCUT2D eigenvalue weighted by atomic mass is 35.5. The van der Waals surface area contributed by atoms with E-state index in [1.54, 1.807) is 7.11 Å². The third kappa shape index (κ3) is 4.67. The van der Waals surface area contributed by atoms with Crippen molar-refractivity contribution in [3.63, 3.8) is 0 Å². The largest absolute Gasteiger partial charge is 0.496 e. The van der Waals surface area contributed by atoms with Crippen LogP contribution in [0.3, 0.4) is 0 Å². The van der Waals surface area contributed by atoms with Gasteiger partial charge in [-0.05, 0) is 38.1 Å². The van der Waals surface area contributed by atoms with Gasteiger partial charge in [0.2, 0.25) is 11.8 Å². The molecule has 0 bridgehead atoms. The molecule has 7 heteroatoms. The van der Waals surface area contributed by atoms with E-state index in [9.17, 15) is 0 Å². The number of rotatable bonds is 6. The number of benzene rings is 2. The Morgan fingerprint density at radius 3 is 2.63 bits per heavy atom. The summed E-state index contributed by atoms with van der Waals surface area (Å²) in [6.45, 7) is 8.99. The lowest BCUT2D eigenvalue weighted by molar-refractivity contribution is 0.0871. The second-order valence-corrected chi connectivity index (χ2v) is 8.20. The van der Waals surface area contributed by atoms with Crippen LogP contribution in [0.15, 0.2) is 46.9 Å². The van der Waals surface area contributed by atoms with Crippen LogP contribution in [-0.4, -0.2) is 53.3 Å². The maximum Gasteiger partial charge on any atom is 0.247 e. The summed E-state index contributed by atoms with van der Waals surface area (Å²) in [6.07, 6.45) is 0. The maximum absolute atomic E-state index is 6.07. The molecule has 2 aromatic carbocycles. The first-order valence-electron chi connectivity index (χ1n) is 10.2. The van der Waals surface area contributed by atoms with Gasteiger partial charge >= 0.3 is 0 Å². The molecule has 0 radical (unpaired) electrons. The summed E-state index contributed by atoms with van der Waals surface area (Å²) < 4.78 is 11.5. The third-order valence-corrected chi connectivity index (χ3v) is 5.89. The molecule has 1 fully saturated rings. The van der Waals surface area contributed by atoms with Gasteiger partial charge in [-0.3, -0.25) is 9.80 Å². The monoisotopic (exact) mass is 426 g/mol. The zero-order valence-corrected chi connectivity index (χ0v) is 18.4. The topological polar surface area (TPSA) is 54.6 Å². The summed E-state index contributed by atoms with van der Waals surface area (Å²) in [5, 5.41) is 9.15. The van der Waals surface area contributed by atoms with E-state index >= 15 is 0 Å². The van der Waals surface area contributed by atoms with Crippen LogP contribution in [0.5, 0.6) is 5.75 Å². The number of halogens is 1. The average Bonchev–Trinajstić information content (AvgIpc) is 3.24. The molecule has 0 N–H and O–H groups in total. The van der Waals surface area contributed by atoms with Gasteiger partial charge in [0, 0.05) is 48.9 Å². The summed E-state index contributed by atoms with van der Waals surface area (Å²) in [5.41, 5.74) is 3.33. The van der Waals surface area contributed by atoms with Gasteiger partial charge in [-0.25, -0.2) is 0 Å². The van der Waals surface area contributed by atoms with Crippen LogP contribution in [0.2, 0.25) is 5.02 Å². The molecule has 0 amide bonds. The normalized spacial score (nSPS) is 16.5. The Hall–Kier alpha value is -2.41. The molecule has 1 aliphatic heterocycles. The number of aromatic nitrogens is 2. The van der Waals surface area contributed by atoms with Crippen molar-refractivity contribution in [2.45, 2.75) is 26.4 Å². The van der Waals surface area contributed by atoms with Gasteiger partial charge in [-0.1, -0.05) is 35.4 Å². The average molecular weight is 427 g/mol. The van der Waals surface area contributed by atoms with E-state index in [0.717, 1.165) is 44.0 Å². The third-order valence-electron chi connectivity index (χ3n) is 5.65. The number of hydrogen-bond acceptors (Lipinski definition) is 6. The van der Waals surface area contributed by atoms with Gasteiger partial charge in [0.05, 0.1) is 13.2 Å². The summed E-state index contributed by atoms with van der Waals surface area (Å²) >= 11 is 6.07. The molecule has 0 saturated carbocycles. The van der Waals surface area contributed by atoms with Gasteiger partial charge in [0.25, 0.3) is 0 Å². The van der Waals surface area contributed by atoms with E-state index < -0.39 is 0 Å². The summed E-state index contributed by atoms with van der Waals surface area (Å²) in [4.78, 5) is 4.85. The molecular formula is C23H27ClN4O2. The number of piperazine rings is 1. The highest BCUT2D eigenvalue weighted by molar-refractivity contribution is 6.30. The van der Waals surface area contributed by atoms with Crippen LogP contribution < -0.4 is 4.74 Å². The molecule has 3 aromatic rings. The number of aryl methyl sites for hydroxylation is 1. The first kappa shape index (κ1) is 20.8. The zero-order chi connectivity index (χ0) is 21.1. The number of ether oxygens (including phenoxy) is 1. The Bertz CT molecular complexity index is 998. The van der Waals surface area contributed by atoms with Crippen molar-refractivity contribution in [2.75, 3.05) is 33.3 Å². The Labute approximate surface area is 182 Å². The molecule has 1 atom stereocenters. The highest BCUT2D eigenvalue weighted by Gasteiger charge is 2.26. The lowest BCUT2D eigenvalue weighted by Crippen LogP contribution is -2.46. The maximum atomic E-state index is 6.07. The molecule has 1 aliphatic rings. The smallest absolute Gasteiger partial charge is 0.247 e. The van der Waals surface area contributed by atoms with Gasteiger partial charge in [0.1, 0.15) is 5.75 Å². The number of methoxy groups -OCH3 is 1. The van der Waals surface area contributed by atoms with Gasteiger partial charge < -0.3 is 9.15 Å². The molecule has 30 heavy (non-hydrogen) atoms. The van der Waals surface area contributed by atoms with E-state index in [4.69, 9.17) is 20.8 Å². The Morgan fingerprint density at radius 2 is 1.90 bits per heavy atom. The van der Waals surface area contributed by atoms with E-state index in [1.807, 2.05) is 24.3 Å². The predicted octanol–water partition coefficient (Wildman–Crippen LogP) is 4.59. The lowest BCUT2D eigenvalue weighted by Gasteiger charge is -2.37. The first-order chi connectivity index (χ1) is 14.5.